The molecule has 0 fully saturated rings. The van der Waals surface area contributed by atoms with Crippen LogP contribution in [0.5, 0.6) is 0 Å². The fourth-order valence-electron chi connectivity index (χ4n) is 2.59. The second-order valence-corrected chi connectivity index (χ2v) is 9.30. The molecule has 0 saturated carbocycles. The molecule has 0 spiro atoms. The fraction of sp³-hybridized carbons (Fsp3) is 0.222. The normalized spacial score (nSPS) is 11.2. The van der Waals surface area contributed by atoms with E-state index in [2.05, 4.69) is 46.5 Å². The number of halogens is 1. The van der Waals surface area contributed by atoms with Gasteiger partial charge in [-0.1, -0.05) is 15.9 Å². The summed E-state index contributed by atoms with van der Waals surface area (Å²) in [6.45, 7) is 3.71. The summed E-state index contributed by atoms with van der Waals surface area (Å²) < 4.78 is 25.9. The van der Waals surface area contributed by atoms with Crippen molar-refractivity contribution in [2.75, 3.05) is 28.2 Å². The van der Waals surface area contributed by atoms with E-state index in [4.69, 9.17) is 0 Å². The number of sulfonamides is 1. The van der Waals surface area contributed by atoms with Crippen LogP contribution in [-0.4, -0.2) is 41.7 Å². The number of benzene rings is 1. The number of nitrogens with one attached hydrogen (secondary N) is 2. The topological polar surface area (TPSA) is 113 Å². The third-order valence-corrected chi connectivity index (χ3v) is 5.63. The zero-order valence-electron chi connectivity index (χ0n) is 16.3. The summed E-state index contributed by atoms with van der Waals surface area (Å²) in [7, 11) is -1.94. The summed E-state index contributed by atoms with van der Waals surface area (Å²) in [4.78, 5) is 17.0. The molecule has 0 amide bonds. The Bertz CT molecular complexity index is 1130. The Hall–Kier alpha value is -2.79. The number of rotatable bonds is 6. The lowest BCUT2D eigenvalue weighted by Gasteiger charge is -2.21. The quantitative estimate of drug-likeness (QED) is 0.554. The van der Waals surface area contributed by atoms with E-state index >= 15 is 0 Å². The summed E-state index contributed by atoms with van der Waals surface area (Å²) in [5.41, 5.74) is 1.91. The van der Waals surface area contributed by atoms with Gasteiger partial charge in [0.05, 0.1) is 17.6 Å². The van der Waals surface area contributed by atoms with Crippen molar-refractivity contribution in [3.63, 3.8) is 0 Å². The Balaban J connectivity index is 1.89. The number of hydrogen-bond acceptors (Lipinski definition) is 8. The highest BCUT2D eigenvalue weighted by Crippen LogP contribution is 2.32. The van der Waals surface area contributed by atoms with Gasteiger partial charge in [0.1, 0.15) is 29.6 Å². The van der Waals surface area contributed by atoms with Crippen LogP contribution in [0.3, 0.4) is 0 Å². The largest absolute Gasteiger partial charge is 0.338 e. The van der Waals surface area contributed by atoms with Crippen molar-refractivity contribution in [2.24, 2.45) is 0 Å². The van der Waals surface area contributed by atoms with Gasteiger partial charge in [0.25, 0.3) is 0 Å². The molecule has 0 radical (unpaired) electrons. The van der Waals surface area contributed by atoms with Gasteiger partial charge in [-0.25, -0.2) is 28.4 Å². The lowest BCUT2D eigenvalue weighted by molar-refractivity contribution is 0.600. The van der Waals surface area contributed by atoms with E-state index in [1.165, 1.54) is 17.7 Å². The lowest BCUT2D eigenvalue weighted by Crippen LogP contribution is -2.25. The van der Waals surface area contributed by atoms with E-state index in [9.17, 15) is 8.42 Å². The molecule has 0 aliphatic heterocycles. The molecule has 3 rings (SSSR count). The Morgan fingerprint density at radius 3 is 2.31 bits per heavy atom. The molecule has 29 heavy (non-hydrogen) atoms. The van der Waals surface area contributed by atoms with Crippen molar-refractivity contribution in [1.29, 1.82) is 0 Å². The van der Waals surface area contributed by atoms with Crippen LogP contribution >= 0.6 is 15.9 Å². The van der Waals surface area contributed by atoms with Crippen LogP contribution in [0.1, 0.15) is 11.5 Å². The van der Waals surface area contributed by atoms with Crippen LogP contribution in [0.4, 0.5) is 28.8 Å². The van der Waals surface area contributed by atoms with E-state index in [-0.39, 0.29) is 0 Å². The fourth-order valence-corrected chi connectivity index (χ4v) is 3.45. The molecule has 2 heterocycles. The molecule has 9 nitrogen and oxygen atoms in total. The van der Waals surface area contributed by atoms with Gasteiger partial charge in [0.2, 0.25) is 10.0 Å². The van der Waals surface area contributed by atoms with Crippen molar-refractivity contribution in [3.8, 4) is 0 Å². The van der Waals surface area contributed by atoms with Crippen molar-refractivity contribution >= 4 is 54.8 Å². The maximum absolute atomic E-state index is 12.0. The van der Waals surface area contributed by atoms with E-state index in [0.717, 1.165) is 16.4 Å². The van der Waals surface area contributed by atoms with Gasteiger partial charge in [-0.3, -0.25) is 4.31 Å². The van der Waals surface area contributed by atoms with E-state index in [0.29, 0.717) is 34.7 Å². The maximum atomic E-state index is 12.0. The van der Waals surface area contributed by atoms with Gasteiger partial charge in [0, 0.05) is 29.3 Å². The summed E-state index contributed by atoms with van der Waals surface area (Å²) in [5, 5.41) is 6.28. The van der Waals surface area contributed by atoms with Crippen LogP contribution in [-0.2, 0) is 10.0 Å². The molecule has 0 saturated heterocycles. The van der Waals surface area contributed by atoms with E-state index in [1.807, 2.05) is 26.0 Å². The minimum absolute atomic E-state index is 0.483. The van der Waals surface area contributed by atoms with Gasteiger partial charge >= 0.3 is 0 Å². The number of anilines is 5. The molecule has 3 aromatic rings. The minimum atomic E-state index is -3.43. The SMILES string of the molecule is Cc1cc(Nc2cc(Nc3ccc(Br)cc3N(C)S(C)(=O)=O)ncn2)nc(C)n1. The molecule has 0 aliphatic rings. The maximum Gasteiger partial charge on any atom is 0.232 e. The zero-order chi connectivity index (χ0) is 21.2. The summed E-state index contributed by atoms with van der Waals surface area (Å²) in [5.74, 6) is 2.31. The van der Waals surface area contributed by atoms with E-state index in [1.54, 1.807) is 18.2 Å². The highest BCUT2D eigenvalue weighted by molar-refractivity contribution is 9.10. The summed E-state index contributed by atoms with van der Waals surface area (Å²) >= 11 is 3.38. The number of aromatic nitrogens is 4. The molecular formula is C18H20BrN7O2S. The van der Waals surface area contributed by atoms with Crippen molar-refractivity contribution in [1.82, 2.24) is 19.9 Å². The lowest BCUT2D eigenvalue weighted by atomic mass is 10.2. The average molecular weight is 478 g/mol. The highest BCUT2D eigenvalue weighted by Gasteiger charge is 2.17. The van der Waals surface area contributed by atoms with Gasteiger partial charge in [0.15, 0.2) is 0 Å². The molecule has 1 aromatic carbocycles. The number of aryl methyl sites for hydroxylation is 2. The molecule has 11 heteroatoms. The first-order chi connectivity index (χ1) is 13.6. The summed E-state index contributed by atoms with van der Waals surface area (Å²) in [6, 6.07) is 8.83. The predicted molar refractivity (Wildman–Crippen MR) is 117 cm³/mol. The smallest absolute Gasteiger partial charge is 0.232 e. The minimum Gasteiger partial charge on any atom is -0.338 e. The highest BCUT2D eigenvalue weighted by atomic mass is 79.9. The third kappa shape index (κ3) is 5.39. The zero-order valence-corrected chi connectivity index (χ0v) is 18.7. The van der Waals surface area contributed by atoms with Gasteiger partial charge < -0.3 is 10.6 Å². The first-order valence-electron chi connectivity index (χ1n) is 8.53. The Labute approximate surface area is 177 Å². The molecular weight excluding hydrogens is 458 g/mol. The Morgan fingerprint density at radius 1 is 0.966 bits per heavy atom. The molecule has 152 valence electrons. The molecule has 0 aliphatic carbocycles. The van der Waals surface area contributed by atoms with Crippen molar-refractivity contribution < 1.29 is 8.42 Å². The average Bonchev–Trinajstić information content (AvgIpc) is 2.61. The van der Waals surface area contributed by atoms with Gasteiger partial charge in [-0.2, -0.15) is 0 Å². The summed E-state index contributed by atoms with van der Waals surface area (Å²) in [6.07, 6.45) is 2.56. The molecule has 0 atom stereocenters. The van der Waals surface area contributed by atoms with Crippen molar-refractivity contribution in [2.45, 2.75) is 13.8 Å². The second kappa shape index (κ2) is 8.29. The van der Waals surface area contributed by atoms with Crippen molar-refractivity contribution in [3.05, 3.63) is 52.7 Å². The third-order valence-electron chi connectivity index (χ3n) is 3.95. The van der Waals surface area contributed by atoms with Gasteiger partial charge in [-0.05, 0) is 32.0 Å². The molecule has 0 unspecified atom stereocenters. The van der Waals surface area contributed by atoms with Crippen LogP contribution < -0.4 is 14.9 Å². The predicted octanol–water partition coefficient (Wildman–Crippen LogP) is 3.53. The van der Waals surface area contributed by atoms with Crippen LogP contribution in [0.2, 0.25) is 0 Å². The Kier molecular flexibility index (Phi) is 5.99. The number of nitrogens with zero attached hydrogens (tertiary/aromatic N) is 5. The standard InChI is InChI=1S/C18H20BrN7O2S/c1-11-7-18(23-12(2)22-11)25-17-9-16(20-10-21-17)24-14-6-5-13(19)8-15(14)26(3)29(4,27)28/h5-10H,1-4H3,(H2,20,21,22,23,24,25). The number of hydrogen-bond donors (Lipinski definition) is 2. The van der Waals surface area contributed by atoms with Gasteiger partial charge in [-0.15, -0.1) is 0 Å². The monoisotopic (exact) mass is 477 g/mol. The van der Waals surface area contributed by atoms with Crippen LogP contribution in [0.15, 0.2) is 41.1 Å². The first kappa shape index (κ1) is 20.9. The van der Waals surface area contributed by atoms with Crippen LogP contribution in [0, 0.1) is 13.8 Å². The Morgan fingerprint density at radius 2 is 1.66 bits per heavy atom. The molecule has 0 bridgehead atoms. The molecule has 2 aromatic heterocycles. The van der Waals surface area contributed by atoms with E-state index < -0.39 is 10.0 Å². The second-order valence-electron chi connectivity index (χ2n) is 6.37. The van der Waals surface area contributed by atoms with Crippen LogP contribution in [0.25, 0.3) is 0 Å². The molecule has 2 N–H and O–H groups in total. The first-order valence-corrected chi connectivity index (χ1v) is 11.2.